The molecule has 0 bridgehead atoms. The summed E-state index contributed by atoms with van der Waals surface area (Å²) in [6, 6.07) is 1.78. The third-order valence-corrected chi connectivity index (χ3v) is 3.67. The number of hydrogen-bond acceptors (Lipinski definition) is 4. The molecule has 0 N–H and O–H groups in total. The molecule has 6 heteroatoms. The highest BCUT2D eigenvalue weighted by molar-refractivity contribution is 6.33. The standard InChI is InChI=1S/C13H22Cl2N4/c1-4-18(5-2)8-7-9-19(6-3)11-10-12(14)16-17-13(11)15/h10H,4-9H2,1-3H3. The summed E-state index contributed by atoms with van der Waals surface area (Å²) >= 11 is 12.0. The molecule has 1 aromatic rings. The zero-order chi connectivity index (χ0) is 14.3. The largest absolute Gasteiger partial charge is 0.369 e. The van der Waals surface area contributed by atoms with Crippen LogP contribution in [0.5, 0.6) is 0 Å². The van der Waals surface area contributed by atoms with Crippen molar-refractivity contribution in [3.8, 4) is 0 Å². The quantitative estimate of drug-likeness (QED) is 0.737. The maximum atomic E-state index is 6.08. The van der Waals surface area contributed by atoms with E-state index in [0.29, 0.717) is 10.3 Å². The molecule has 0 atom stereocenters. The Labute approximate surface area is 125 Å². The van der Waals surface area contributed by atoms with Crippen molar-refractivity contribution >= 4 is 28.9 Å². The Morgan fingerprint density at radius 3 is 2.26 bits per heavy atom. The van der Waals surface area contributed by atoms with Gasteiger partial charge in [-0.05, 0) is 33.0 Å². The first-order valence-electron chi connectivity index (χ1n) is 6.78. The van der Waals surface area contributed by atoms with Crippen molar-refractivity contribution in [1.29, 1.82) is 0 Å². The van der Waals surface area contributed by atoms with Gasteiger partial charge in [0.1, 0.15) is 0 Å². The fraction of sp³-hybridized carbons (Fsp3) is 0.692. The summed E-state index contributed by atoms with van der Waals surface area (Å²) in [5, 5.41) is 8.38. The lowest BCUT2D eigenvalue weighted by Crippen LogP contribution is -2.30. The van der Waals surface area contributed by atoms with Crippen LogP contribution in [0.15, 0.2) is 6.07 Å². The van der Waals surface area contributed by atoms with Crippen LogP contribution in [0.4, 0.5) is 5.69 Å². The van der Waals surface area contributed by atoms with Crippen molar-refractivity contribution in [2.45, 2.75) is 27.2 Å². The smallest absolute Gasteiger partial charge is 0.175 e. The van der Waals surface area contributed by atoms with Gasteiger partial charge in [-0.2, -0.15) is 0 Å². The molecule has 0 aromatic carbocycles. The Hall–Kier alpha value is -0.580. The fourth-order valence-corrected chi connectivity index (χ4v) is 2.39. The van der Waals surface area contributed by atoms with Crippen LogP contribution in [-0.2, 0) is 0 Å². The lowest BCUT2D eigenvalue weighted by molar-refractivity contribution is 0.301. The van der Waals surface area contributed by atoms with Crippen LogP contribution in [0.2, 0.25) is 10.3 Å². The third kappa shape index (κ3) is 5.13. The SMILES string of the molecule is CCN(CC)CCCN(CC)c1cc(Cl)nnc1Cl. The second kappa shape index (κ2) is 8.56. The van der Waals surface area contributed by atoms with E-state index in [1.807, 2.05) is 0 Å². The highest BCUT2D eigenvalue weighted by atomic mass is 35.5. The number of nitrogens with zero attached hydrogens (tertiary/aromatic N) is 4. The summed E-state index contributed by atoms with van der Waals surface area (Å²) in [7, 11) is 0. The molecular weight excluding hydrogens is 283 g/mol. The predicted molar refractivity (Wildman–Crippen MR) is 82.3 cm³/mol. The number of anilines is 1. The Morgan fingerprint density at radius 1 is 1.00 bits per heavy atom. The minimum Gasteiger partial charge on any atom is -0.369 e. The molecule has 0 saturated heterocycles. The zero-order valence-corrected chi connectivity index (χ0v) is 13.4. The predicted octanol–water partition coefficient (Wildman–Crippen LogP) is 3.34. The van der Waals surface area contributed by atoms with Gasteiger partial charge >= 0.3 is 0 Å². The molecule has 0 unspecified atom stereocenters. The van der Waals surface area contributed by atoms with Gasteiger partial charge in [0.05, 0.1) is 5.69 Å². The molecule has 0 amide bonds. The Bertz CT molecular complexity index is 383. The van der Waals surface area contributed by atoms with Crippen molar-refractivity contribution in [3.05, 3.63) is 16.4 Å². The summed E-state index contributed by atoms with van der Waals surface area (Å²) in [6.45, 7) is 11.6. The van der Waals surface area contributed by atoms with Crippen molar-refractivity contribution in [2.24, 2.45) is 0 Å². The molecule has 0 radical (unpaired) electrons. The van der Waals surface area contributed by atoms with Gasteiger partial charge in [0, 0.05) is 19.2 Å². The molecule has 0 aliphatic carbocycles. The third-order valence-electron chi connectivity index (χ3n) is 3.22. The first-order chi connectivity index (χ1) is 9.12. The Morgan fingerprint density at radius 2 is 1.68 bits per heavy atom. The molecule has 1 aromatic heterocycles. The molecule has 0 fully saturated rings. The van der Waals surface area contributed by atoms with Crippen molar-refractivity contribution in [3.63, 3.8) is 0 Å². The van der Waals surface area contributed by atoms with E-state index >= 15 is 0 Å². The molecule has 0 spiro atoms. The van der Waals surface area contributed by atoms with Crippen molar-refractivity contribution in [1.82, 2.24) is 15.1 Å². The van der Waals surface area contributed by atoms with Gasteiger partial charge in [-0.15, -0.1) is 10.2 Å². The summed E-state index contributed by atoms with van der Waals surface area (Å²) in [4.78, 5) is 4.60. The van der Waals surface area contributed by atoms with Gasteiger partial charge in [-0.3, -0.25) is 0 Å². The lowest BCUT2D eigenvalue weighted by Gasteiger charge is -2.25. The number of halogens is 2. The first kappa shape index (κ1) is 16.5. The summed E-state index contributed by atoms with van der Waals surface area (Å²) in [5.74, 6) is 0. The first-order valence-corrected chi connectivity index (χ1v) is 7.53. The fourth-order valence-electron chi connectivity index (χ4n) is 2.04. The minimum absolute atomic E-state index is 0.376. The van der Waals surface area contributed by atoms with E-state index in [1.54, 1.807) is 6.07 Å². The van der Waals surface area contributed by atoms with Gasteiger partial charge < -0.3 is 9.80 Å². The number of hydrogen-bond donors (Lipinski definition) is 0. The maximum Gasteiger partial charge on any atom is 0.175 e. The van der Waals surface area contributed by atoms with Crippen LogP contribution in [0.25, 0.3) is 0 Å². The Kier molecular flexibility index (Phi) is 7.42. The summed E-state index contributed by atoms with van der Waals surface area (Å²) in [5.41, 5.74) is 0.865. The average molecular weight is 305 g/mol. The van der Waals surface area contributed by atoms with Gasteiger partial charge in [0.25, 0.3) is 0 Å². The lowest BCUT2D eigenvalue weighted by atomic mass is 10.3. The average Bonchev–Trinajstić information content (AvgIpc) is 2.42. The van der Waals surface area contributed by atoms with Crippen LogP contribution in [0.3, 0.4) is 0 Å². The molecular formula is C13H22Cl2N4. The van der Waals surface area contributed by atoms with E-state index in [0.717, 1.165) is 44.8 Å². The molecule has 4 nitrogen and oxygen atoms in total. The summed E-state index contributed by atoms with van der Waals surface area (Å²) in [6.07, 6.45) is 1.09. The molecule has 0 saturated carbocycles. The molecule has 0 aliphatic heterocycles. The van der Waals surface area contributed by atoms with Gasteiger partial charge in [0.2, 0.25) is 0 Å². The zero-order valence-electron chi connectivity index (χ0n) is 11.9. The van der Waals surface area contributed by atoms with E-state index in [-0.39, 0.29) is 0 Å². The second-order valence-electron chi connectivity index (χ2n) is 4.30. The minimum atomic E-state index is 0.376. The molecule has 1 heterocycles. The number of rotatable bonds is 8. The highest BCUT2D eigenvalue weighted by Gasteiger charge is 2.11. The van der Waals surface area contributed by atoms with E-state index in [1.165, 1.54) is 0 Å². The van der Waals surface area contributed by atoms with E-state index in [4.69, 9.17) is 23.2 Å². The second-order valence-corrected chi connectivity index (χ2v) is 5.05. The monoisotopic (exact) mass is 304 g/mol. The molecule has 108 valence electrons. The summed E-state index contributed by atoms with van der Waals surface area (Å²) < 4.78 is 0. The van der Waals surface area contributed by atoms with E-state index in [2.05, 4.69) is 40.8 Å². The van der Waals surface area contributed by atoms with Gasteiger partial charge in [0.15, 0.2) is 10.3 Å². The number of aromatic nitrogens is 2. The van der Waals surface area contributed by atoms with Gasteiger partial charge in [-0.1, -0.05) is 37.0 Å². The van der Waals surface area contributed by atoms with E-state index < -0.39 is 0 Å². The van der Waals surface area contributed by atoms with Crippen LogP contribution in [-0.4, -0.2) is 47.8 Å². The van der Waals surface area contributed by atoms with Crippen LogP contribution in [0.1, 0.15) is 27.2 Å². The maximum absolute atomic E-state index is 6.08. The van der Waals surface area contributed by atoms with Crippen LogP contribution < -0.4 is 4.90 Å². The van der Waals surface area contributed by atoms with E-state index in [9.17, 15) is 0 Å². The van der Waals surface area contributed by atoms with Gasteiger partial charge in [-0.25, -0.2) is 0 Å². The molecule has 1 rings (SSSR count). The topological polar surface area (TPSA) is 32.3 Å². The normalized spacial score (nSPS) is 11.1. The van der Waals surface area contributed by atoms with Crippen molar-refractivity contribution < 1.29 is 0 Å². The Balaban J connectivity index is 2.60. The molecule has 0 aliphatic rings. The van der Waals surface area contributed by atoms with Crippen LogP contribution in [0, 0.1) is 0 Å². The molecule has 19 heavy (non-hydrogen) atoms. The highest BCUT2D eigenvalue weighted by Crippen LogP contribution is 2.25. The van der Waals surface area contributed by atoms with Crippen molar-refractivity contribution in [2.75, 3.05) is 37.6 Å². The van der Waals surface area contributed by atoms with Crippen LogP contribution >= 0.6 is 23.2 Å².